The molecule has 0 aliphatic carbocycles. The van der Waals surface area contributed by atoms with E-state index in [1.807, 2.05) is 45.0 Å². The van der Waals surface area contributed by atoms with E-state index in [2.05, 4.69) is 48.3 Å². The number of aryl methyl sites for hydroxylation is 3. The average Bonchev–Trinajstić information content (AvgIpc) is 3.37. The lowest BCUT2D eigenvalue weighted by molar-refractivity contribution is 0.229. The molecule has 0 fully saturated rings. The predicted molar refractivity (Wildman–Crippen MR) is 133 cm³/mol. The molecule has 0 atom stereocenters. The van der Waals surface area contributed by atoms with Gasteiger partial charge in [0.2, 0.25) is 6.39 Å². The number of ether oxygens (including phenoxy) is 2. The van der Waals surface area contributed by atoms with Gasteiger partial charge < -0.3 is 13.9 Å². The Bertz CT molecular complexity index is 1230. The Morgan fingerprint density at radius 3 is 2.32 bits per heavy atom. The van der Waals surface area contributed by atoms with Gasteiger partial charge in [0.25, 0.3) is 5.89 Å². The molecular weight excluding hydrogens is 426 g/mol. The third-order valence-corrected chi connectivity index (χ3v) is 5.76. The van der Waals surface area contributed by atoms with Gasteiger partial charge in [0.15, 0.2) is 0 Å². The minimum Gasteiger partial charge on any atom is -0.490 e. The van der Waals surface area contributed by atoms with Gasteiger partial charge in [0.05, 0.1) is 22.9 Å². The monoisotopic (exact) mass is 457 g/mol. The molecule has 0 amide bonds. The van der Waals surface area contributed by atoms with Gasteiger partial charge in [-0.1, -0.05) is 44.2 Å². The summed E-state index contributed by atoms with van der Waals surface area (Å²) in [5.41, 5.74) is 7.29. The second-order valence-corrected chi connectivity index (χ2v) is 8.42. The van der Waals surface area contributed by atoms with Gasteiger partial charge in [0, 0.05) is 17.3 Å². The van der Waals surface area contributed by atoms with E-state index in [0.717, 1.165) is 41.1 Å². The number of benzene rings is 2. The minimum atomic E-state index is 0.0196. The van der Waals surface area contributed by atoms with Crippen LogP contribution in [0.1, 0.15) is 50.1 Å². The van der Waals surface area contributed by atoms with Crippen LogP contribution in [0, 0.1) is 6.92 Å². The van der Waals surface area contributed by atoms with Crippen molar-refractivity contribution < 1.29 is 13.9 Å². The van der Waals surface area contributed by atoms with Crippen LogP contribution in [0.4, 0.5) is 0 Å². The van der Waals surface area contributed by atoms with Gasteiger partial charge in [-0.3, -0.25) is 4.98 Å². The molecular formula is C28H31N3O3. The largest absolute Gasteiger partial charge is 0.490 e. The first kappa shape index (κ1) is 23.5. The topological polar surface area (TPSA) is 70.3 Å². The summed E-state index contributed by atoms with van der Waals surface area (Å²) >= 11 is 0. The zero-order chi connectivity index (χ0) is 24.1. The Morgan fingerprint density at radius 2 is 1.68 bits per heavy atom. The quantitative estimate of drug-likeness (QED) is 0.282. The van der Waals surface area contributed by atoms with Crippen molar-refractivity contribution >= 4 is 0 Å². The fourth-order valence-corrected chi connectivity index (χ4v) is 4.11. The minimum absolute atomic E-state index is 0.0196. The van der Waals surface area contributed by atoms with E-state index in [0.29, 0.717) is 18.2 Å². The van der Waals surface area contributed by atoms with Gasteiger partial charge in [-0.2, -0.15) is 0 Å². The van der Waals surface area contributed by atoms with Crippen molar-refractivity contribution in [3.8, 4) is 34.2 Å². The molecule has 0 N–H and O–H groups in total. The number of rotatable bonds is 9. The van der Waals surface area contributed by atoms with E-state index in [1.165, 1.54) is 23.1 Å². The zero-order valence-electron chi connectivity index (χ0n) is 20.5. The molecule has 4 aromatic rings. The molecule has 0 saturated heterocycles. The maximum atomic E-state index is 6.27. The second kappa shape index (κ2) is 10.5. The number of nitrogens with zero attached hydrogens (tertiary/aromatic N) is 3. The van der Waals surface area contributed by atoms with E-state index < -0.39 is 0 Å². The van der Waals surface area contributed by atoms with Crippen molar-refractivity contribution in [3.05, 3.63) is 77.3 Å². The highest BCUT2D eigenvalue weighted by Crippen LogP contribution is 2.35. The number of hydrogen-bond donors (Lipinski definition) is 0. The first-order valence-corrected chi connectivity index (χ1v) is 11.8. The van der Waals surface area contributed by atoms with Crippen LogP contribution < -0.4 is 9.47 Å². The normalized spacial score (nSPS) is 11.1. The maximum Gasteiger partial charge on any atom is 0.251 e. The van der Waals surface area contributed by atoms with Gasteiger partial charge in [0.1, 0.15) is 18.1 Å². The third-order valence-electron chi connectivity index (χ3n) is 5.76. The van der Waals surface area contributed by atoms with Gasteiger partial charge >= 0.3 is 0 Å². The molecule has 0 bridgehead atoms. The molecule has 2 aromatic heterocycles. The Morgan fingerprint density at radius 1 is 0.941 bits per heavy atom. The molecule has 6 heteroatoms. The maximum absolute atomic E-state index is 6.27. The fraction of sp³-hybridized carbons (Fsp3) is 0.321. The molecule has 0 radical (unpaired) electrons. The lowest BCUT2D eigenvalue weighted by Gasteiger charge is -2.20. The average molecular weight is 458 g/mol. The summed E-state index contributed by atoms with van der Waals surface area (Å²) in [6.45, 7) is 10.7. The van der Waals surface area contributed by atoms with Crippen molar-refractivity contribution in [2.75, 3.05) is 0 Å². The Balaban J connectivity index is 1.73. The number of pyridine rings is 1. The summed E-state index contributed by atoms with van der Waals surface area (Å²) in [5.74, 6) is 1.87. The van der Waals surface area contributed by atoms with E-state index in [1.54, 1.807) is 0 Å². The van der Waals surface area contributed by atoms with Gasteiger partial charge in [-0.25, -0.2) is 0 Å². The summed E-state index contributed by atoms with van der Waals surface area (Å²) in [6.07, 6.45) is 3.22. The van der Waals surface area contributed by atoms with Crippen molar-refractivity contribution in [2.45, 2.75) is 60.2 Å². The Kier molecular flexibility index (Phi) is 7.26. The molecule has 176 valence electrons. The summed E-state index contributed by atoms with van der Waals surface area (Å²) in [5, 5.41) is 7.80. The van der Waals surface area contributed by atoms with Crippen molar-refractivity contribution in [3.63, 3.8) is 0 Å². The van der Waals surface area contributed by atoms with Crippen LogP contribution in [0.5, 0.6) is 11.5 Å². The van der Waals surface area contributed by atoms with Crippen LogP contribution in [0.25, 0.3) is 22.7 Å². The highest BCUT2D eigenvalue weighted by Gasteiger charge is 2.19. The SMILES string of the molecule is CCc1cccc(CC)c1-c1cc(OC(C)C)c(COc2ccccc2-c2nnco2)c(C)n1. The van der Waals surface area contributed by atoms with Crippen molar-refractivity contribution in [2.24, 2.45) is 0 Å². The molecule has 0 saturated carbocycles. The number of aromatic nitrogens is 3. The van der Waals surface area contributed by atoms with Crippen LogP contribution in [0.3, 0.4) is 0 Å². The molecule has 0 aliphatic rings. The summed E-state index contributed by atoms with van der Waals surface area (Å²) in [4.78, 5) is 5.01. The van der Waals surface area contributed by atoms with Crippen molar-refractivity contribution in [1.29, 1.82) is 0 Å². The van der Waals surface area contributed by atoms with E-state index >= 15 is 0 Å². The number of para-hydroxylation sites is 1. The smallest absolute Gasteiger partial charge is 0.251 e. The molecule has 2 aromatic carbocycles. The molecule has 6 nitrogen and oxygen atoms in total. The van der Waals surface area contributed by atoms with Crippen molar-refractivity contribution in [1.82, 2.24) is 15.2 Å². The molecule has 0 aliphatic heterocycles. The number of hydrogen-bond acceptors (Lipinski definition) is 6. The standard InChI is InChI=1S/C28H31N3O3/c1-6-20-11-10-12-21(7-2)27(20)24-15-26(34-18(3)4)23(19(5)30-24)16-32-25-14-9-8-13-22(25)28-31-29-17-33-28/h8-15,17-18H,6-7,16H2,1-5H3. The van der Waals surface area contributed by atoms with Crippen LogP contribution in [0.15, 0.2) is 59.3 Å². The van der Waals surface area contributed by atoms with Gasteiger partial charge in [-0.15, -0.1) is 10.2 Å². The van der Waals surface area contributed by atoms with E-state index in [-0.39, 0.29) is 6.10 Å². The summed E-state index contributed by atoms with van der Waals surface area (Å²) in [7, 11) is 0. The Hall–Kier alpha value is -3.67. The Labute approximate surface area is 201 Å². The van der Waals surface area contributed by atoms with Crippen LogP contribution in [-0.2, 0) is 19.4 Å². The van der Waals surface area contributed by atoms with Crippen LogP contribution >= 0.6 is 0 Å². The lowest BCUT2D eigenvalue weighted by atomic mass is 9.94. The highest BCUT2D eigenvalue weighted by molar-refractivity contribution is 5.70. The fourth-order valence-electron chi connectivity index (χ4n) is 4.11. The summed E-state index contributed by atoms with van der Waals surface area (Å²) in [6, 6.07) is 16.2. The molecule has 34 heavy (non-hydrogen) atoms. The second-order valence-electron chi connectivity index (χ2n) is 8.42. The molecule has 0 spiro atoms. The highest BCUT2D eigenvalue weighted by atomic mass is 16.5. The van der Waals surface area contributed by atoms with Gasteiger partial charge in [-0.05, 0) is 56.9 Å². The first-order valence-electron chi connectivity index (χ1n) is 11.8. The lowest BCUT2D eigenvalue weighted by Crippen LogP contribution is -2.11. The van der Waals surface area contributed by atoms with Crippen LogP contribution in [0.2, 0.25) is 0 Å². The van der Waals surface area contributed by atoms with Crippen LogP contribution in [-0.4, -0.2) is 21.3 Å². The predicted octanol–water partition coefficient (Wildman–Crippen LogP) is 6.60. The van der Waals surface area contributed by atoms with E-state index in [4.69, 9.17) is 18.9 Å². The first-order chi connectivity index (χ1) is 16.5. The molecule has 4 rings (SSSR count). The third kappa shape index (κ3) is 4.96. The molecule has 0 unspecified atom stereocenters. The summed E-state index contributed by atoms with van der Waals surface area (Å²) < 4.78 is 17.9. The molecule has 2 heterocycles. The zero-order valence-corrected chi connectivity index (χ0v) is 20.5. The van der Waals surface area contributed by atoms with E-state index in [9.17, 15) is 0 Å².